The molecule has 2 heteroatoms. The van der Waals surface area contributed by atoms with Gasteiger partial charge in [-0.2, -0.15) is 5.26 Å². The Hall–Kier alpha value is -4.87. The minimum Gasteiger partial charge on any atom is -0.192 e. The van der Waals surface area contributed by atoms with Crippen LogP contribution >= 0.6 is 0 Å². The second-order valence-corrected chi connectivity index (χ2v) is 9.90. The molecule has 7 rings (SSSR count). The molecule has 0 heterocycles. The number of nitrogens with zero attached hydrogens (tertiary/aromatic N) is 1. The Kier molecular flexibility index (Phi) is 9.01. The van der Waals surface area contributed by atoms with Gasteiger partial charge in [-0.15, -0.1) is 0 Å². The highest BCUT2D eigenvalue weighted by Crippen LogP contribution is 2.45. The van der Waals surface area contributed by atoms with E-state index in [1.54, 1.807) is 0 Å². The summed E-state index contributed by atoms with van der Waals surface area (Å²) in [5, 5.41) is 16.9. The molecule has 42 heavy (non-hydrogen) atoms. The van der Waals surface area contributed by atoms with E-state index in [2.05, 4.69) is 117 Å². The fourth-order valence-corrected chi connectivity index (χ4v) is 6.07. The van der Waals surface area contributed by atoms with E-state index in [1.165, 1.54) is 67.0 Å². The molecule has 0 saturated heterocycles. The number of fused-ring (bicyclic) bond motifs is 3. The van der Waals surface area contributed by atoms with Gasteiger partial charge in [0.1, 0.15) is 0 Å². The summed E-state index contributed by atoms with van der Waals surface area (Å²) < 4.78 is 0. The zero-order valence-corrected chi connectivity index (χ0v) is 24.6. The Morgan fingerprint density at radius 2 is 1.05 bits per heavy atom. The molecular weight excluding hydrogens is 505 g/mol. The summed E-state index contributed by atoms with van der Waals surface area (Å²) >= 11 is 0. The van der Waals surface area contributed by atoms with Crippen LogP contribution in [0.2, 0.25) is 6.82 Å². The van der Waals surface area contributed by atoms with Crippen LogP contribution in [0, 0.1) is 11.3 Å². The first kappa shape index (κ1) is 28.7. The first-order valence-electron chi connectivity index (χ1n) is 14.7. The predicted octanol–water partition coefficient (Wildman–Crippen LogP) is 11.3. The van der Waals surface area contributed by atoms with Crippen LogP contribution in [0.5, 0.6) is 0 Å². The quantitative estimate of drug-likeness (QED) is 0.162. The minimum absolute atomic E-state index is 0.677. The molecule has 0 saturated carbocycles. The van der Waals surface area contributed by atoms with Crippen molar-refractivity contribution in [2.45, 2.75) is 33.5 Å². The second kappa shape index (κ2) is 13.2. The lowest BCUT2D eigenvalue weighted by Crippen LogP contribution is -1.96. The molecular formula is C40H34BN. The summed E-state index contributed by atoms with van der Waals surface area (Å²) in [6, 6.07) is 41.1. The van der Waals surface area contributed by atoms with Gasteiger partial charge in [0.05, 0.1) is 19.5 Å². The Morgan fingerprint density at radius 3 is 1.55 bits per heavy atom. The molecule has 0 N–H and O–H groups in total. The van der Waals surface area contributed by atoms with Gasteiger partial charge in [0.15, 0.2) is 0 Å². The summed E-state index contributed by atoms with van der Waals surface area (Å²) in [5.41, 5.74) is 8.28. The van der Waals surface area contributed by atoms with Crippen LogP contribution in [0.25, 0.3) is 60.1 Å². The zero-order chi connectivity index (χ0) is 29.5. The molecule has 2 radical (unpaired) electrons. The van der Waals surface area contributed by atoms with Crippen LogP contribution in [0.4, 0.5) is 0 Å². The Morgan fingerprint density at radius 1 is 0.571 bits per heavy atom. The highest BCUT2D eigenvalue weighted by Gasteiger charge is 2.19. The van der Waals surface area contributed by atoms with E-state index < -0.39 is 0 Å². The maximum Gasteiger partial charge on any atom is 0.0991 e. The van der Waals surface area contributed by atoms with E-state index in [-0.39, 0.29) is 0 Å². The van der Waals surface area contributed by atoms with E-state index >= 15 is 0 Å². The maximum absolute atomic E-state index is 9.25. The molecule has 6 aromatic carbocycles. The molecule has 0 aliphatic heterocycles. The van der Waals surface area contributed by atoms with Crippen molar-refractivity contribution in [3.05, 3.63) is 139 Å². The van der Waals surface area contributed by atoms with E-state index in [1.807, 2.05) is 38.1 Å². The molecule has 0 aromatic heterocycles. The molecule has 1 nitrogen and oxygen atoms in total. The van der Waals surface area contributed by atoms with Gasteiger partial charge in [0, 0.05) is 0 Å². The van der Waals surface area contributed by atoms with E-state index in [0.717, 1.165) is 18.4 Å². The highest BCUT2D eigenvalue weighted by molar-refractivity contribution is 6.22. The van der Waals surface area contributed by atoms with Gasteiger partial charge in [-0.05, 0) is 90.7 Å². The molecule has 0 atom stereocenters. The first-order chi connectivity index (χ1) is 20.8. The summed E-state index contributed by atoms with van der Waals surface area (Å²) in [6.07, 6.45) is 8.89. The van der Waals surface area contributed by atoms with Crippen molar-refractivity contribution >= 4 is 45.7 Å². The first-order valence-corrected chi connectivity index (χ1v) is 14.7. The lowest BCUT2D eigenvalue weighted by Gasteiger charge is -2.21. The number of hydrogen-bond donors (Lipinski definition) is 0. The van der Waals surface area contributed by atoms with Crippen molar-refractivity contribution in [1.82, 2.24) is 0 Å². The van der Waals surface area contributed by atoms with Crippen molar-refractivity contribution < 1.29 is 0 Å². The highest BCUT2D eigenvalue weighted by atomic mass is 14.2. The largest absolute Gasteiger partial charge is 0.192 e. The number of rotatable bonds is 3. The van der Waals surface area contributed by atoms with E-state index in [4.69, 9.17) is 0 Å². The summed E-state index contributed by atoms with van der Waals surface area (Å²) in [7, 11) is 4.50. The molecule has 1 aliphatic rings. The number of nitriles is 1. The molecule has 1 aliphatic carbocycles. The third-order valence-corrected chi connectivity index (χ3v) is 7.78. The summed E-state index contributed by atoms with van der Waals surface area (Å²) in [5.74, 6) is 0. The molecule has 6 aromatic rings. The lowest BCUT2D eigenvalue weighted by atomic mass is 9.82. The van der Waals surface area contributed by atoms with Crippen LogP contribution in [0.3, 0.4) is 0 Å². The second-order valence-electron chi connectivity index (χ2n) is 9.90. The molecule has 0 amide bonds. The number of benzene rings is 6. The molecule has 0 spiro atoms. The third-order valence-electron chi connectivity index (χ3n) is 7.78. The molecule has 0 unspecified atom stereocenters. The van der Waals surface area contributed by atoms with Gasteiger partial charge < -0.3 is 0 Å². The normalized spacial score (nSPS) is 12.1. The minimum atomic E-state index is 0.677. The van der Waals surface area contributed by atoms with Crippen LogP contribution in [0.1, 0.15) is 37.8 Å². The van der Waals surface area contributed by atoms with Gasteiger partial charge in [0.2, 0.25) is 0 Å². The van der Waals surface area contributed by atoms with Gasteiger partial charge in [-0.25, -0.2) is 0 Å². The van der Waals surface area contributed by atoms with Crippen LogP contribution in [0.15, 0.2) is 127 Å². The van der Waals surface area contributed by atoms with Gasteiger partial charge in [-0.1, -0.05) is 136 Å². The SMILES string of the molecule is CC.N#Cc1ccc(-c2ccc(-c3c4ccccc4c(C4=CC=CCC4)c4ccccc34)c3ccccc23)cc1.[B]C. The summed E-state index contributed by atoms with van der Waals surface area (Å²) in [6.45, 7) is 5.50. The Labute approximate surface area is 250 Å². The van der Waals surface area contributed by atoms with Gasteiger partial charge >= 0.3 is 0 Å². The average Bonchev–Trinajstić information content (AvgIpc) is 3.09. The fraction of sp³-hybridized carbons (Fsp3) is 0.125. The van der Waals surface area contributed by atoms with Crippen LogP contribution in [-0.2, 0) is 0 Å². The fourth-order valence-electron chi connectivity index (χ4n) is 6.07. The molecule has 0 bridgehead atoms. The summed E-state index contributed by atoms with van der Waals surface area (Å²) in [4.78, 5) is 0. The smallest absolute Gasteiger partial charge is 0.0991 e. The maximum atomic E-state index is 9.25. The zero-order valence-electron chi connectivity index (χ0n) is 24.6. The third kappa shape index (κ3) is 5.15. The molecule has 0 fully saturated rings. The standard InChI is InChI=1S/C37H25N.C2H6.CH3B/c38-24-25-18-20-26(21-19-25)28-22-23-35(30-13-5-4-12-29(28)30)37-33-16-8-6-14-31(33)36(27-10-2-1-3-11-27)32-15-7-9-17-34(32)37;2*1-2/h1-2,4-10,12-23H,3,11H2;1-2H3;1H3. The Balaban J connectivity index is 0.000000847. The van der Waals surface area contributed by atoms with Crippen molar-refractivity contribution in [3.8, 4) is 28.3 Å². The number of hydrogen-bond acceptors (Lipinski definition) is 1. The average molecular weight is 540 g/mol. The molecule has 202 valence electrons. The lowest BCUT2D eigenvalue weighted by molar-refractivity contribution is 1.06. The van der Waals surface area contributed by atoms with Gasteiger partial charge in [-0.3, -0.25) is 0 Å². The Bertz CT molecular complexity index is 1910. The van der Waals surface area contributed by atoms with Crippen LogP contribution in [-0.4, -0.2) is 7.85 Å². The van der Waals surface area contributed by atoms with Crippen molar-refractivity contribution in [2.75, 3.05) is 0 Å². The van der Waals surface area contributed by atoms with Crippen molar-refractivity contribution in [2.24, 2.45) is 0 Å². The number of allylic oxidation sites excluding steroid dienone is 4. The van der Waals surface area contributed by atoms with E-state index in [9.17, 15) is 5.26 Å². The van der Waals surface area contributed by atoms with Crippen molar-refractivity contribution in [1.29, 1.82) is 5.26 Å². The van der Waals surface area contributed by atoms with Gasteiger partial charge in [0.25, 0.3) is 0 Å². The van der Waals surface area contributed by atoms with Crippen molar-refractivity contribution in [3.63, 3.8) is 0 Å². The monoisotopic (exact) mass is 539 g/mol. The predicted molar refractivity (Wildman–Crippen MR) is 184 cm³/mol. The van der Waals surface area contributed by atoms with E-state index in [0.29, 0.717) is 5.56 Å². The topological polar surface area (TPSA) is 23.8 Å². The van der Waals surface area contributed by atoms with Crippen LogP contribution < -0.4 is 0 Å².